The Labute approximate surface area is 106 Å². The summed E-state index contributed by atoms with van der Waals surface area (Å²) in [7, 11) is 1.85. The zero-order chi connectivity index (χ0) is 12.7. The van der Waals surface area contributed by atoms with E-state index in [9.17, 15) is 4.79 Å². The summed E-state index contributed by atoms with van der Waals surface area (Å²) in [5, 5.41) is 14.7. The molecule has 3 aromatic heterocycles. The van der Waals surface area contributed by atoms with E-state index in [0.29, 0.717) is 0 Å². The van der Waals surface area contributed by atoms with Crippen molar-refractivity contribution in [3.05, 3.63) is 29.7 Å². The number of carboxylic acid groups (broad SMARTS) is 1. The zero-order valence-corrected chi connectivity index (χ0v) is 10.4. The molecule has 92 valence electrons. The van der Waals surface area contributed by atoms with Gasteiger partial charge in [0, 0.05) is 36.1 Å². The summed E-state index contributed by atoms with van der Waals surface area (Å²) >= 11 is 1.44. The summed E-state index contributed by atoms with van der Waals surface area (Å²) in [5.41, 5.74) is 2.47. The van der Waals surface area contributed by atoms with Crippen LogP contribution in [0.5, 0.6) is 0 Å². The maximum absolute atomic E-state index is 10.7. The molecule has 0 spiro atoms. The van der Waals surface area contributed by atoms with Crippen molar-refractivity contribution < 1.29 is 9.90 Å². The molecule has 0 saturated carbocycles. The highest BCUT2D eigenvalue weighted by atomic mass is 32.1. The van der Waals surface area contributed by atoms with Gasteiger partial charge in [0.05, 0.1) is 18.3 Å². The van der Waals surface area contributed by atoms with Crippen molar-refractivity contribution in [2.45, 2.75) is 6.42 Å². The second-order valence-corrected chi connectivity index (χ2v) is 4.82. The Hall–Kier alpha value is -2.15. The number of fused-ring (bicyclic) bond motifs is 1. The first-order valence-corrected chi connectivity index (χ1v) is 6.18. The van der Waals surface area contributed by atoms with Crippen molar-refractivity contribution in [1.82, 2.24) is 19.2 Å². The minimum Gasteiger partial charge on any atom is -0.481 e. The van der Waals surface area contributed by atoms with E-state index < -0.39 is 5.97 Å². The van der Waals surface area contributed by atoms with E-state index in [4.69, 9.17) is 5.11 Å². The van der Waals surface area contributed by atoms with E-state index in [1.807, 2.05) is 29.2 Å². The van der Waals surface area contributed by atoms with Crippen LogP contribution in [0.1, 0.15) is 5.69 Å². The van der Waals surface area contributed by atoms with Gasteiger partial charge in [0.1, 0.15) is 0 Å². The number of aryl methyl sites for hydroxylation is 1. The fraction of sp³-hybridized carbons (Fsp3) is 0.182. The molecule has 0 fully saturated rings. The predicted octanol–water partition coefficient (Wildman–Crippen LogP) is 1.42. The number of hydrogen-bond donors (Lipinski definition) is 1. The first kappa shape index (κ1) is 11.0. The standard InChI is InChI=1S/C11H10N4O2S/c1-14-4-7(3-12-14)9-5-15-8(2-10(16)17)6-18-11(15)13-9/h3-6H,2H2,1H3,(H,16,17). The normalized spacial score (nSPS) is 11.2. The van der Waals surface area contributed by atoms with Crippen LogP contribution in [0.15, 0.2) is 24.0 Å². The van der Waals surface area contributed by atoms with E-state index in [1.165, 1.54) is 11.3 Å². The minimum absolute atomic E-state index is 0.00282. The van der Waals surface area contributed by atoms with Crippen molar-refractivity contribution >= 4 is 22.3 Å². The van der Waals surface area contributed by atoms with Crippen LogP contribution in [0.2, 0.25) is 0 Å². The first-order valence-electron chi connectivity index (χ1n) is 5.30. The Morgan fingerprint density at radius 1 is 1.50 bits per heavy atom. The van der Waals surface area contributed by atoms with Gasteiger partial charge in [-0.1, -0.05) is 0 Å². The second-order valence-electron chi connectivity index (χ2n) is 3.98. The summed E-state index contributed by atoms with van der Waals surface area (Å²) in [5.74, 6) is -0.841. The minimum atomic E-state index is -0.841. The fourth-order valence-corrected chi connectivity index (χ4v) is 2.68. The highest BCUT2D eigenvalue weighted by molar-refractivity contribution is 7.15. The van der Waals surface area contributed by atoms with E-state index in [0.717, 1.165) is 21.9 Å². The smallest absolute Gasteiger partial charge is 0.309 e. The molecule has 0 saturated heterocycles. The van der Waals surface area contributed by atoms with Crippen LogP contribution in [0.25, 0.3) is 16.2 Å². The van der Waals surface area contributed by atoms with Gasteiger partial charge in [-0.3, -0.25) is 13.9 Å². The molecule has 0 bridgehead atoms. The fourth-order valence-electron chi connectivity index (χ4n) is 1.80. The molecule has 0 aromatic carbocycles. The largest absolute Gasteiger partial charge is 0.481 e. The van der Waals surface area contributed by atoms with Crippen LogP contribution in [0.4, 0.5) is 0 Å². The highest BCUT2D eigenvalue weighted by Crippen LogP contribution is 2.23. The summed E-state index contributed by atoms with van der Waals surface area (Å²) in [4.78, 5) is 16.0. The molecular weight excluding hydrogens is 252 g/mol. The lowest BCUT2D eigenvalue weighted by Crippen LogP contribution is -2.02. The van der Waals surface area contributed by atoms with E-state index in [-0.39, 0.29) is 6.42 Å². The van der Waals surface area contributed by atoms with Crippen molar-refractivity contribution in [3.63, 3.8) is 0 Å². The Morgan fingerprint density at radius 3 is 3.00 bits per heavy atom. The molecular formula is C11H10N4O2S. The zero-order valence-electron chi connectivity index (χ0n) is 9.57. The van der Waals surface area contributed by atoms with Crippen LogP contribution < -0.4 is 0 Å². The maximum Gasteiger partial charge on any atom is 0.309 e. The van der Waals surface area contributed by atoms with Gasteiger partial charge in [-0.25, -0.2) is 4.98 Å². The van der Waals surface area contributed by atoms with Crippen LogP contribution >= 0.6 is 11.3 Å². The monoisotopic (exact) mass is 262 g/mol. The molecule has 0 unspecified atom stereocenters. The number of imidazole rings is 1. The van der Waals surface area contributed by atoms with E-state index >= 15 is 0 Å². The number of rotatable bonds is 3. The van der Waals surface area contributed by atoms with Gasteiger partial charge in [-0.15, -0.1) is 11.3 Å². The average Bonchev–Trinajstić information content (AvgIpc) is 2.94. The Bertz CT molecular complexity index is 724. The number of aliphatic carboxylic acids is 1. The molecule has 0 atom stereocenters. The van der Waals surface area contributed by atoms with Gasteiger partial charge in [0.2, 0.25) is 0 Å². The molecule has 7 heteroatoms. The van der Waals surface area contributed by atoms with Crippen molar-refractivity contribution in [2.75, 3.05) is 0 Å². The number of nitrogens with zero attached hydrogens (tertiary/aromatic N) is 4. The number of hydrogen-bond acceptors (Lipinski definition) is 4. The highest BCUT2D eigenvalue weighted by Gasteiger charge is 2.12. The molecule has 0 radical (unpaired) electrons. The average molecular weight is 262 g/mol. The lowest BCUT2D eigenvalue weighted by atomic mass is 10.3. The van der Waals surface area contributed by atoms with Gasteiger partial charge in [0.15, 0.2) is 4.96 Å². The molecule has 18 heavy (non-hydrogen) atoms. The molecule has 1 N–H and O–H groups in total. The Balaban J connectivity index is 2.06. The number of carboxylic acids is 1. The van der Waals surface area contributed by atoms with Crippen molar-refractivity contribution in [2.24, 2.45) is 7.05 Å². The maximum atomic E-state index is 10.7. The molecule has 0 aliphatic heterocycles. The number of aromatic nitrogens is 4. The summed E-state index contributed by atoms with van der Waals surface area (Å²) < 4.78 is 3.53. The third kappa shape index (κ3) is 1.78. The lowest BCUT2D eigenvalue weighted by molar-refractivity contribution is -0.136. The SMILES string of the molecule is Cn1cc(-c2cn3c(CC(=O)O)csc3n2)cn1. The summed E-state index contributed by atoms with van der Waals surface area (Å²) in [6, 6.07) is 0. The number of carbonyl (C=O) groups is 1. The molecule has 3 rings (SSSR count). The second kappa shape index (κ2) is 3.95. The molecule has 0 amide bonds. The van der Waals surface area contributed by atoms with Gasteiger partial charge < -0.3 is 5.11 Å². The predicted molar refractivity (Wildman–Crippen MR) is 66.6 cm³/mol. The quantitative estimate of drug-likeness (QED) is 0.775. The third-order valence-electron chi connectivity index (χ3n) is 2.62. The Kier molecular flexibility index (Phi) is 2.41. The topological polar surface area (TPSA) is 72.4 Å². The molecule has 3 aromatic rings. The third-order valence-corrected chi connectivity index (χ3v) is 3.51. The van der Waals surface area contributed by atoms with Gasteiger partial charge in [-0.05, 0) is 0 Å². The summed E-state index contributed by atoms with van der Waals surface area (Å²) in [6.45, 7) is 0. The first-order chi connectivity index (χ1) is 8.63. The van der Waals surface area contributed by atoms with Gasteiger partial charge in [-0.2, -0.15) is 5.10 Å². The van der Waals surface area contributed by atoms with Gasteiger partial charge >= 0.3 is 5.97 Å². The van der Waals surface area contributed by atoms with Crippen LogP contribution in [0, 0.1) is 0 Å². The molecule has 3 heterocycles. The van der Waals surface area contributed by atoms with E-state index in [2.05, 4.69) is 10.1 Å². The van der Waals surface area contributed by atoms with Crippen molar-refractivity contribution in [3.8, 4) is 11.3 Å². The Morgan fingerprint density at radius 2 is 2.33 bits per heavy atom. The molecule has 6 nitrogen and oxygen atoms in total. The lowest BCUT2D eigenvalue weighted by Gasteiger charge is -1.92. The molecule has 0 aliphatic rings. The molecule has 0 aliphatic carbocycles. The van der Waals surface area contributed by atoms with Crippen LogP contribution in [-0.2, 0) is 18.3 Å². The van der Waals surface area contributed by atoms with Crippen LogP contribution in [0.3, 0.4) is 0 Å². The summed E-state index contributed by atoms with van der Waals surface area (Å²) in [6.07, 6.45) is 5.47. The number of thiazole rings is 1. The van der Waals surface area contributed by atoms with E-state index in [1.54, 1.807) is 10.9 Å². The van der Waals surface area contributed by atoms with Gasteiger partial charge in [0.25, 0.3) is 0 Å². The van der Waals surface area contributed by atoms with Crippen LogP contribution in [-0.4, -0.2) is 30.2 Å². The van der Waals surface area contributed by atoms with Crippen molar-refractivity contribution in [1.29, 1.82) is 0 Å².